The largest absolute Gasteiger partial charge is 0.382 e. The molecule has 0 aliphatic carbocycles. The van der Waals surface area contributed by atoms with Crippen molar-refractivity contribution in [1.82, 2.24) is 14.5 Å². The van der Waals surface area contributed by atoms with Gasteiger partial charge in [0.2, 0.25) is 5.82 Å². The zero-order valence-corrected chi connectivity index (χ0v) is 7.99. The van der Waals surface area contributed by atoms with Gasteiger partial charge in [-0.2, -0.15) is 0 Å². The molecule has 6 heteroatoms. The average molecular weight is 204 g/mol. The van der Waals surface area contributed by atoms with Gasteiger partial charge in [0, 0.05) is 13.1 Å². The fraction of sp³-hybridized carbons (Fsp3) is 0.111. The summed E-state index contributed by atoms with van der Waals surface area (Å²) in [5.74, 6) is 0.408. The lowest BCUT2D eigenvalue weighted by Crippen LogP contribution is -1.95. The number of aromatic nitrogens is 3. The van der Waals surface area contributed by atoms with Gasteiger partial charge in [0.15, 0.2) is 0 Å². The Morgan fingerprint density at radius 1 is 1.53 bits per heavy atom. The van der Waals surface area contributed by atoms with Gasteiger partial charge >= 0.3 is 5.82 Å². The molecule has 0 saturated carbocycles. The fourth-order valence-electron chi connectivity index (χ4n) is 1.30. The minimum atomic E-state index is -0.514. The highest BCUT2D eigenvalue weighted by atomic mass is 16.6. The first kappa shape index (κ1) is 9.32. The zero-order valence-electron chi connectivity index (χ0n) is 7.99. The Morgan fingerprint density at radius 3 is 2.87 bits per heavy atom. The van der Waals surface area contributed by atoms with Crippen LogP contribution in [0.3, 0.4) is 0 Å². The molecule has 0 aliphatic rings. The maximum absolute atomic E-state index is 10.5. The second-order valence-electron chi connectivity index (χ2n) is 2.98. The van der Waals surface area contributed by atoms with Crippen LogP contribution in [-0.2, 0) is 0 Å². The Kier molecular flexibility index (Phi) is 2.17. The van der Waals surface area contributed by atoms with E-state index in [2.05, 4.69) is 9.97 Å². The fourth-order valence-corrected chi connectivity index (χ4v) is 1.30. The first-order valence-electron chi connectivity index (χ1n) is 4.29. The minimum absolute atomic E-state index is 0.156. The maximum atomic E-state index is 10.5. The van der Waals surface area contributed by atoms with Crippen LogP contribution in [0.15, 0.2) is 30.7 Å². The van der Waals surface area contributed by atoms with Gasteiger partial charge in [-0.3, -0.25) is 9.55 Å². The second kappa shape index (κ2) is 3.49. The molecule has 6 nitrogen and oxygen atoms in total. The summed E-state index contributed by atoms with van der Waals surface area (Å²) in [6, 6.07) is 3.58. The molecular weight excluding hydrogens is 196 g/mol. The van der Waals surface area contributed by atoms with Gasteiger partial charge in [0.05, 0.1) is 11.9 Å². The SMILES string of the molecule is Cc1nc([N+](=O)[O-])cn1-c1cccnc1. The van der Waals surface area contributed by atoms with Gasteiger partial charge in [-0.05, 0) is 22.0 Å². The third-order valence-corrected chi connectivity index (χ3v) is 1.98. The molecule has 2 rings (SSSR count). The summed E-state index contributed by atoms with van der Waals surface area (Å²) in [5.41, 5.74) is 0.760. The standard InChI is InChI=1S/C9H8N4O2/c1-7-11-9(13(14)15)6-12(7)8-3-2-4-10-5-8/h2-6H,1H3. The molecule has 0 unspecified atom stereocenters. The van der Waals surface area contributed by atoms with Crippen LogP contribution in [0.5, 0.6) is 0 Å². The molecule has 76 valence electrons. The third kappa shape index (κ3) is 1.69. The number of imidazole rings is 1. The van der Waals surface area contributed by atoms with E-state index < -0.39 is 4.92 Å². The van der Waals surface area contributed by atoms with E-state index >= 15 is 0 Å². The lowest BCUT2D eigenvalue weighted by Gasteiger charge is -1.99. The van der Waals surface area contributed by atoms with Crippen LogP contribution < -0.4 is 0 Å². The minimum Gasteiger partial charge on any atom is -0.358 e. The molecule has 0 aromatic carbocycles. The van der Waals surface area contributed by atoms with Gasteiger partial charge in [0.25, 0.3) is 0 Å². The normalized spacial score (nSPS) is 10.2. The molecule has 0 atom stereocenters. The summed E-state index contributed by atoms with van der Waals surface area (Å²) in [6.07, 6.45) is 4.65. The topological polar surface area (TPSA) is 73.8 Å². The smallest absolute Gasteiger partial charge is 0.358 e. The van der Waals surface area contributed by atoms with Crippen LogP contribution in [0.1, 0.15) is 5.82 Å². The third-order valence-electron chi connectivity index (χ3n) is 1.98. The molecule has 2 aromatic rings. The first-order valence-corrected chi connectivity index (χ1v) is 4.29. The Balaban J connectivity index is 2.50. The highest BCUT2D eigenvalue weighted by Crippen LogP contribution is 2.15. The molecule has 0 N–H and O–H groups in total. The molecule has 2 aromatic heterocycles. The van der Waals surface area contributed by atoms with Crippen molar-refractivity contribution >= 4 is 5.82 Å². The Bertz CT molecular complexity index is 492. The van der Waals surface area contributed by atoms with Gasteiger partial charge in [-0.15, -0.1) is 0 Å². The van der Waals surface area contributed by atoms with Crippen molar-refractivity contribution in [3.63, 3.8) is 0 Å². The van der Waals surface area contributed by atoms with Crippen LogP contribution in [0, 0.1) is 17.0 Å². The van der Waals surface area contributed by atoms with E-state index in [-0.39, 0.29) is 5.82 Å². The summed E-state index contributed by atoms with van der Waals surface area (Å²) < 4.78 is 1.63. The van der Waals surface area contributed by atoms with Gasteiger partial charge < -0.3 is 10.1 Å². The quantitative estimate of drug-likeness (QED) is 0.548. The van der Waals surface area contributed by atoms with Gasteiger partial charge in [0.1, 0.15) is 6.20 Å². The van der Waals surface area contributed by atoms with Crippen LogP contribution >= 0.6 is 0 Å². The predicted octanol–water partition coefficient (Wildman–Crippen LogP) is 1.48. The maximum Gasteiger partial charge on any atom is 0.382 e. The Morgan fingerprint density at radius 2 is 2.33 bits per heavy atom. The summed E-state index contributed by atoms with van der Waals surface area (Å²) in [7, 11) is 0. The van der Waals surface area contributed by atoms with Gasteiger partial charge in [-0.1, -0.05) is 0 Å². The van der Waals surface area contributed by atoms with E-state index in [1.807, 2.05) is 6.07 Å². The molecule has 0 amide bonds. The summed E-state index contributed by atoms with van der Waals surface area (Å²) in [6.45, 7) is 1.71. The predicted molar refractivity (Wildman–Crippen MR) is 52.8 cm³/mol. The number of hydrogen-bond acceptors (Lipinski definition) is 4. The van der Waals surface area contributed by atoms with Crippen molar-refractivity contribution in [2.45, 2.75) is 6.92 Å². The van der Waals surface area contributed by atoms with Crippen molar-refractivity contribution in [1.29, 1.82) is 0 Å². The van der Waals surface area contributed by atoms with E-state index in [1.54, 1.807) is 30.0 Å². The van der Waals surface area contributed by atoms with Crippen molar-refractivity contribution in [2.24, 2.45) is 0 Å². The number of pyridine rings is 1. The van der Waals surface area contributed by atoms with Crippen LogP contribution in [-0.4, -0.2) is 19.5 Å². The number of nitro groups is 1. The van der Waals surface area contributed by atoms with E-state index in [0.717, 1.165) is 5.69 Å². The first-order chi connectivity index (χ1) is 7.18. The molecule has 0 saturated heterocycles. The molecule has 0 fully saturated rings. The van der Waals surface area contributed by atoms with Crippen molar-refractivity contribution in [3.05, 3.63) is 46.7 Å². The molecule has 0 radical (unpaired) electrons. The molecule has 0 bridgehead atoms. The monoisotopic (exact) mass is 204 g/mol. The van der Waals surface area contributed by atoms with E-state index in [1.165, 1.54) is 6.20 Å². The molecule has 0 aliphatic heterocycles. The number of aryl methyl sites for hydroxylation is 1. The van der Waals surface area contributed by atoms with Gasteiger partial charge in [-0.25, -0.2) is 0 Å². The molecule has 2 heterocycles. The highest BCUT2D eigenvalue weighted by molar-refractivity contribution is 5.33. The summed E-state index contributed by atoms with van der Waals surface area (Å²) in [5, 5.41) is 10.5. The van der Waals surface area contributed by atoms with E-state index in [9.17, 15) is 10.1 Å². The van der Waals surface area contributed by atoms with Crippen LogP contribution in [0.4, 0.5) is 5.82 Å². The second-order valence-corrected chi connectivity index (χ2v) is 2.98. The Hall–Kier alpha value is -2.24. The highest BCUT2D eigenvalue weighted by Gasteiger charge is 2.15. The van der Waals surface area contributed by atoms with Crippen molar-refractivity contribution < 1.29 is 4.92 Å². The van der Waals surface area contributed by atoms with E-state index in [4.69, 9.17) is 0 Å². The van der Waals surface area contributed by atoms with Crippen LogP contribution in [0.25, 0.3) is 5.69 Å². The number of rotatable bonds is 2. The molecular formula is C9H8N4O2. The summed E-state index contributed by atoms with van der Waals surface area (Å²) >= 11 is 0. The Labute approximate surface area is 85.4 Å². The number of hydrogen-bond donors (Lipinski definition) is 0. The zero-order chi connectivity index (χ0) is 10.8. The average Bonchev–Trinajstić information content (AvgIpc) is 2.62. The van der Waals surface area contributed by atoms with Crippen LogP contribution in [0.2, 0.25) is 0 Å². The van der Waals surface area contributed by atoms with Crippen molar-refractivity contribution in [3.8, 4) is 5.69 Å². The van der Waals surface area contributed by atoms with Crippen molar-refractivity contribution in [2.75, 3.05) is 0 Å². The summed E-state index contributed by atoms with van der Waals surface area (Å²) in [4.78, 5) is 17.8. The molecule has 0 spiro atoms. The number of nitrogens with zero attached hydrogens (tertiary/aromatic N) is 4. The molecule has 15 heavy (non-hydrogen) atoms. The lowest BCUT2D eigenvalue weighted by atomic mass is 10.4. The van der Waals surface area contributed by atoms with E-state index in [0.29, 0.717) is 5.82 Å². The lowest BCUT2D eigenvalue weighted by molar-refractivity contribution is -0.389.